The Morgan fingerprint density at radius 3 is 2.30 bits per heavy atom. The van der Waals surface area contributed by atoms with E-state index in [2.05, 4.69) is 99.0 Å². The lowest BCUT2D eigenvalue weighted by atomic mass is 9.97. The first-order valence-electron chi connectivity index (χ1n) is 11.2. The molecule has 0 bridgehead atoms. The van der Waals surface area contributed by atoms with Crippen LogP contribution in [-0.4, -0.2) is 8.07 Å². The molecule has 0 saturated carbocycles. The van der Waals surface area contributed by atoms with Gasteiger partial charge in [-0.2, -0.15) is 5.26 Å². The fourth-order valence-electron chi connectivity index (χ4n) is 4.57. The molecule has 0 spiro atoms. The average Bonchev–Trinajstić information content (AvgIpc) is 3.17. The predicted octanol–water partition coefficient (Wildman–Crippen LogP) is 6.47. The molecule has 2 aromatic heterocycles. The summed E-state index contributed by atoms with van der Waals surface area (Å²) < 4.78 is 8.76. The molecule has 0 unspecified atom stereocenters. The van der Waals surface area contributed by atoms with Crippen molar-refractivity contribution in [3.8, 4) is 28.5 Å². The minimum atomic E-state index is -1.39. The number of pyridine rings is 1. The third kappa shape index (κ3) is 3.55. The number of hydrogen-bond donors (Lipinski definition) is 0. The summed E-state index contributed by atoms with van der Waals surface area (Å²) in [5.74, 6) is 0. The Hall–Kier alpha value is -3.68. The van der Waals surface area contributed by atoms with Gasteiger partial charge < -0.3 is 4.42 Å². The highest BCUT2D eigenvalue weighted by atomic mass is 28.3. The second-order valence-corrected chi connectivity index (χ2v) is 14.8. The van der Waals surface area contributed by atoms with E-state index in [1.807, 2.05) is 18.2 Å². The number of hydrogen-bond acceptors (Lipinski definition) is 2. The van der Waals surface area contributed by atoms with Gasteiger partial charge in [0.15, 0.2) is 6.20 Å². The van der Waals surface area contributed by atoms with Crippen LogP contribution in [0.25, 0.3) is 44.3 Å². The third-order valence-electron chi connectivity index (χ3n) is 6.45. The molecule has 0 N–H and O–H groups in total. The van der Waals surface area contributed by atoms with E-state index in [0.717, 1.165) is 49.9 Å². The summed E-state index contributed by atoms with van der Waals surface area (Å²) in [6, 6.07) is 25.5. The zero-order valence-corrected chi connectivity index (χ0v) is 20.7. The van der Waals surface area contributed by atoms with Crippen molar-refractivity contribution in [1.82, 2.24) is 0 Å². The number of aryl methyl sites for hydroxylation is 2. The molecule has 0 radical (unpaired) electrons. The molecule has 2 heterocycles. The number of benzene rings is 3. The van der Waals surface area contributed by atoms with Gasteiger partial charge in [-0.25, -0.2) is 4.57 Å². The molecule has 33 heavy (non-hydrogen) atoms. The summed E-state index contributed by atoms with van der Waals surface area (Å²) in [7, 11) is 0.661. The third-order valence-corrected chi connectivity index (χ3v) is 8.52. The Bertz CT molecular complexity index is 1560. The molecule has 162 valence electrons. The van der Waals surface area contributed by atoms with Gasteiger partial charge in [-0.3, -0.25) is 0 Å². The summed E-state index contributed by atoms with van der Waals surface area (Å²) in [6.45, 7) is 9.17. The van der Waals surface area contributed by atoms with Crippen molar-refractivity contribution in [1.29, 1.82) is 5.26 Å². The number of rotatable bonds is 3. The molecule has 3 nitrogen and oxygen atoms in total. The standard InChI is InChI=1S/C29H27N2OSi/c1-19-9-14-23-25-17-20(18-30)16-24(21-10-12-22(13-11-21)33(3,4)5)28(25)32-29(23)27(19)26-8-6-7-15-31(26)2/h6-17H,1-5H3/q+1. The van der Waals surface area contributed by atoms with Crippen molar-refractivity contribution in [2.45, 2.75) is 26.6 Å². The Morgan fingerprint density at radius 2 is 1.64 bits per heavy atom. The highest BCUT2D eigenvalue weighted by Crippen LogP contribution is 2.41. The molecular weight excluding hydrogens is 420 g/mol. The lowest BCUT2D eigenvalue weighted by Gasteiger charge is -2.16. The Kier molecular flexibility index (Phi) is 4.95. The van der Waals surface area contributed by atoms with Crippen LogP contribution >= 0.6 is 0 Å². The van der Waals surface area contributed by atoms with Crippen LogP contribution in [0.15, 0.2) is 77.3 Å². The fraction of sp³-hybridized carbons (Fsp3) is 0.172. The molecule has 5 aromatic rings. The Labute approximate surface area is 195 Å². The molecule has 0 fully saturated rings. The number of fused-ring (bicyclic) bond motifs is 3. The van der Waals surface area contributed by atoms with Crippen LogP contribution in [0.3, 0.4) is 0 Å². The van der Waals surface area contributed by atoms with E-state index in [-0.39, 0.29) is 0 Å². The number of nitrogens with zero attached hydrogens (tertiary/aromatic N) is 2. The van der Waals surface area contributed by atoms with Crippen molar-refractivity contribution in [2.75, 3.05) is 0 Å². The number of furan rings is 1. The molecule has 5 rings (SSSR count). The zero-order chi connectivity index (χ0) is 23.3. The molecule has 4 heteroatoms. The van der Waals surface area contributed by atoms with Crippen LogP contribution in [0.5, 0.6) is 0 Å². The molecule has 0 aliphatic carbocycles. The maximum Gasteiger partial charge on any atom is 0.216 e. The lowest BCUT2D eigenvalue weighted by Crippen LogP contribution is -2.37. The summed E-state index contributed by atoms with van der Waals surface area (Å²) in [6.07, 6.45) is 2.05. The number of aromatic nitrogens is 1. The first-order chi connectivity index (χ1) is 15.8. The molecule has 3 aromatic carbocycles. The van der Waals surface area contributed by atoms with Gasteiger partial charge in [0.2, 0.25) is 5.69 Å². The van der Waals surface area contributed by atoms with Crippen LogP contribution < -0.4 is 9.75 Å². The van der Waals surface area contributed by atoms with Gasteiger partial charge in [-0.05, 0) is 36.2 Å². The summed E-state index contributed by atoms with van der Waals surface area (Å²) in [5.41, 5.74) is 7.71. The van der Waals surface area contributed by atoms with Gasteiger partial charge in [0.25, 0.3) is 0 Å². The quantitative estimate of drug-likeness (QED) is 0.235. The van der Waals surface area contributed by atoms with Gasteiger partial charge in [0.05, 0.1) is 25.3 Å². The highest BCUT2D eigenvalue weighted by Gasteiger charge is 2.22. The van der Waals surface area contributed by atoms with Crippen LogP contribution in [0.1, 0.15) is 11.1 Å². The molecule has 0 aliphatic rings. The van der Waals surface area contributed by atoms with E-state index in [1.165, 1.54) is 5.19 Å². The molecule has 0 saturated heterocycles. The molecule has 0 atom stereocenters. The second-order valence-electron chi connectivity index (χ2n) is 9.77. The average molecular weight is 448 g/mol. The maximum atomic E-state index is 9.76. The molecule has 0 aliphatic heterocycles. The van der Waals surface area contributed by atoms with Crippen LogP contribution in [0, 0.1) is 18.3 Å². The monoisotopic (exact) mass is 447 g/mol. The maximum absolute atomic E-state index is 9.76. The van der Waals surface area contributed by atoms with Gasteiger partial charge in [-0.15, -0.1) is 0 Å². The Morgan fingerprint density at radius 1 is 0.879 bits per heavy atom. The van der Waals surface area contributed by atoms with Crippen molar-refractivity contribution < 1.29 is 8.98 Å². The minimum Gasteiger partial charge on any atom is -0.454 e. The van der Waals surface area contributed by atoms with Gasteiger partial charge in [0, 0.05) is 28.5 Å². The van der Waals surface area contributed by atoms with Gasteiger partial charge >= 0.3 is 0 Å². The van der Waals surface area contributed by atoms with E-state index in [9.17, 15) is 5.26 Å². The van der Waals surface area contributed by atoms with Crippen LogP contribution in [0.4, 0.5) is 0 Å². The largest absolute Gasteiger partial charge is 0.454 e. The van der Waals surface area contributed by atoms with E-state index < -0.39 is 8.07 Å². The Balaban J connectivity index is 1.83. The molecule has 0 amide bonds. The van der Waals surface area contributed by atoms with E-state index in [1.54, 1.807) is 0 Å². The van der Waals surface area contributed by atoms with Crippen molar-refractivity contribution in [3.63, 3.8) is 0 Å². The van der Waals surface area contributed by atoms with Gasteiger partial charge in [-0.1, -0.05) is 61.2 Å². The van der Waals surface area contributed by atoms with Crippen LogP contribution in [0.2, 0.25) is 19.6 Å². The van der Waals surface area contributed by atoms with E-state index in [0.29, 0.717) is 5.56 Å². The first kappa shape index (κ1) is 21.2. The molecular formula is C29H27N2OSi+. The van der Waals surface area contributed by atoms with Gasteiger partial charge in [0.1, 0.15) is 18.2 Å². The fourth-order valence-corrected chi connectivity index (χ4v) is 5.74. The smallest absolute Gasteiger partial charge is 0.216 e. The number of nitriles is 1. The van der Waals surface area contributed by atoms with Crippen LogP contribution in [-0.2, 0) is 7.05 Å². The SMILES string of the molecule is Cc1ccc2c(oc3c(-c4ccc([Si](C)(C)C)cc4)cc(C#N)cc32)c1-c1cccc[n+]1C. The van der Waals surface area contributed by atoms with Crippen molar-refractivity contribution >= 4 is 35.2 Å². The summed E-state index contributed by atoms with van der Waals surface area (Å²) in [4.78, 5) is 0. The summed E-state index contributed by atoms with van der Waals surface area (Å²) in [5, 5.41) is 13.2. The minimum absolute atomic E-state index is 0.641. The van der Waals surface area contributed by atoms with E-state index >= 15 is 0 Å². The normalized spacial score (nSPS) is 11.8. The van der Waals surface area contributed by atoms with Crippen molar-refractivity contribution in [3.05, 3.63) is 84.1 Å². The zero-order valence-electron chi connectivity index (χ0n) is 19.7. The second kappa shape index (κ2) is 7.72. The summed E-state index contributed by atoms with van der Waals surface area (Å²) >= 11 is 0. The van der Waals surface area contributed by atoms with Crippen molar-refractivity contribution in [2.24, 2.45) is 7.05 Å². The predicted molar refractivity (Wildman–Crippen MR) is 138 cm³/mol. The van der Waals surface area contributed by atoms with E-state index in [4.69, 9.17) is 4.42 Å². The topological polar surface area (TPSA) is 40.8 Å². The highest BCUT2D eigenvalue weighted by molar-refractivity contribution is 6.88. The lowest BCUT2D eigenvalue weighted by molar-refractivity contribution is -0.660. The first-order valence-corrected chi connectivity index (χ1v) is 14.7.